The van der Waals surface area contributed by atoms with Crippen LogP contribution < -0.4 is 0 Å². The average molecular weight is 261 g/mol. The molecule has 1 unspecified atom stereocenters. The first kappa shape index (κ1) is 13.6. The molecule has 1 heterocycles. The number of likely N-dealkylation sites (tertiary alicyclic amines) is 1. The Morgan fingerprint density at radius 2 is 1.95 bits per heavy atom. The van der Waals surface area contributed by atoms with Crippen molar-refractivity contribution in [3.05, 3.63) is 35.9 Å². The van der Waals surface area contributed by atoms with Crippen LogP contribution in [0.2, 0.25) is 0 Å². The lowest BCUT2D eigenvalue weighted by Gasteiger charge is -2.23. The van der Waals surface area contributed by atoms with E-state index in [-0.39, 0.29) is 11.8 Å². The van der Waals surface area contributed by atoms with Crippen molar-refractivity contribution in [2.45, 2.75) is 26.2 Å². The standard InChI is InChI=1S/C15H19NO3/c1-11(12-6-4-3-5-7-12)13(17)16-9-8-15(2,10-16)14(18)19/h3-7,11H,8-10H2,1-2H3,(H,18,19)/t11-,15?/m0/s1. The van der Waals surface area contributed by atoms with E-state index >= 15 is 0 Å². The zero-order valence-corrected chi connectivity index (χ0v) is 11.3. The van der Waals surface area contributed by atoms with Crippen LogP contribution in [0, 0.1) is 5.41 Å². The Kier molecular flexibility index (Phi) is 3.60. The fourth-order valence-corrected chi connectivity index (χ4v) is 2.48. The van der Waals surface area contributed by atoms with E-state index in [4.69, 9.17) is 0 Å². The number of carboxylic acids is 1. The van der Waals surface area contributed by atoms with Crippen LogP contribution in [0.15, 0.2) is 30.3 Å². The van der Waals surface area contributed by atoms with E-state index in [0.717, 1.165) is 5.56 Å². The van der Waals surface area contributed by atoms with Gasteiger partial charge in [0.25, 0.3) is 0 Å². The Bertz CT molecular complexity index is 485. The first-order chi connectivity index (χ1) is 8.94. The van der Waals surface area contributed by atoms with Gasteiger partial charge in [0.15, 0.2) is 0 Å². The largest absolute Gasteiger partial charge is 0.481 e. The molecule has 1 aliphatic heterocycles. The molecule has 0 aliphatic carbocycles. The van der Waals surface area contributed by atoms with Gasteiger partial charge in [0.1, 0.15) is 0 Å². The summed E-state index contributed by atoms with van der Waals surface area (Å²) in [5.74, 6) is -1.04. The van der Waals surface area contributed by atoms with Gasteiger partial charge < -0.3 is 10.0 Å². The van der Waals surface area contributed by atoms with Crippen LogP contribution in [0.3, 0.4) is 0 Å². The molecule has 2 atom stereocenters. The van der Waals surface area contributed by atoms with Gasteiger partial charge in [0.05, 0.1) is 11.3 Å². The second kappa shape index (κ2) is 5.03. The van der Waals surface area contributed by atoms with Gasteiger partial charge in [-0.15, -0.1) is 0 Å². The second-order valence-corrected chi connectivity index (χ2v) is 5.51. The van der Waals surface area contributed by atoms with Gasteiger partial charge >= 0.3 is 5.97 Å². The summed E-state index contributed by atoms with van der Waals surface area (Å²) in [6, 6.07) is 9.58. The minimum Gasteiger partial charge on any atom is -0.481 e. The summed E-state index contributed by atoms with van der Waals surface area (Å²) in [7, 11) is 0. The number of amides is 1. The fourth-order valence-electron chi connectivity index (χ4n) is 2.48. The molecule has 4 heteroatoms. The van der Waals surface area contributed by atoms with E-state index in [1.807, 2.05) is 37.3 Å². The molecule has 102 valence electrons. The molecule has 1 amide bonds. The zero-order valence-electron chi connectivity index (χ0n) is 11.3. The third-order valence-corrected chi connectivity index (χ3v) is 3.97. The number of carbonyl (C=O) groups is 2. The third-order valence-electron chi connectivity index (χ3n) is 3.97. The van der Waals surface area contributed by atoms with Gasteiger partial charge in [-0.2, -0.15) is 0 Å². The van der Waals surface area contributed by atoms with Crippen LogP contribution in [-0.2, 0) is 9.59 Å². The van der Waals surface area contributed by atoms with Crippen LogP contribution in [-0.4, -0.2) is 35.0 Å². The predicted octanol–water partition coefficient (Wildman–Crippen LogP) is 2.11. The van der Waals surface area contributed by atoms with Crippen molar-refractivity contribution < 1.29 is 14.7 Å². The van der Waals surface area contributed by atoms with E-state index in [2.05, 4.69) is 0 Å². The van der Waals surface area contributed by atoms with E-state index in [1.165, 1.54) is 0 Å². The van der Waals surface area contributed by atoms with Crippen molar-refractivity contribution in [2.75, 3.05) is 13.1 Å². The maximum absolute atomic E-state index is 12.4. The molecule has 19 heavy (non-hydrogen) atoms. The second-order valence-electron chi connectivity index (χ2n) is 5.51. The van der Waals surface area contributed by atoms with Crippen LogP contribution in [0.1, 0.15) is 31.7 Å². The highest BCUT2D eigenvalue weighted by Crippen LogP contribution is 2.32. The number of carbonyl (C=O) groups excluding carboxylic acids is 1. The normalized spacial score (nSPS) is 24.2. The predicted molar refractivity (Wildman–Crippen MR) is 71.8 cm³/mol. The Labute approximate surface area is 113 Å². The molecular weight excluding hydrogens is 242 g/mol. The summed E-state index contributed by atoms with van der Waals surface area (Å²) >= 11 is 0. The lowest BCUT2D eigenvalue weighted by molar-refractivity contribution is -0.147. The highest BCUT2D eigenvalue weighted by molar-refractivity contribution is 5.85. The van der Waals surface area contributed by atoms with Crippen LogP contribution in [0.4, 0.5) is 0 Å². The van der Waals surface area contributed by atoms with Crippen molar-refractivity contribution >= 4 is 11.9 Å². The van der Waals surface area contributed by atoms with Crippen molar-refractivity contribution in [1.29, 1.82) is 0 Å². The van der Waals surface area contributed by atoms with Gasteiger partial charge in [0.2, 0.25) is 5.91 Å². The molecule has 0 aromatic heterocycles. The summed E-state index contributed by atoms with van der Waals surface area (Å²) < 4.78 is 0. The lowest BCUT2D eigenvalue weighted by Crippen LogP contribution is -2.36. The van der Waals surface area contributed by atoms with Crippen LogP contribution >= 0.6 is 0 Å². The molecule has 1 saturated heterocycles. The Hall–Kier alpha value is -1.84. The Morgan fingerprint density at radius 3 is 2.47 bits per heavy atom. The minimum absolute atomic E-state index is 0.0103. The van der Waals surface area contributed by atoms with Gasteiger partial charge in [-0.05, 0) is 25.8 Å². The molecule has 1 aromatic carbocycles. The maximum Gasteiger partial charge on any atom is 0.311 e. The quantitative estimate of drug-likeness (QED) is 0.906. The van der Waals surface area contributed by atoms with E-state index < -0.39 is 11.4 Å². The molecule has 1 aromatic rings. The number of aliphatic carboxylic acids is 1. The van der Waals surface area contributed by atoms with Crippen LogP contribution in [0.5, 0.6) is 0 Å². The lowest BCUT2D eigenvalue weighted by atomic mass is 9.90. The molecule has 2 rings (SSSR count). The summed E-state index contributed by atoms with van der Waals surface area (Å²) in [6.07, 6.45) is 0.523. The average Bonchev–Trinajstić information content (AvgIpc) is 2.82. The van der Waals surface area contributed by atoms with Crippen molar-refractivity contribution in [1.82, 2.24) is 4.90 Å². The van der Waals surface area contributed by atoms with Gasteiger partial charge in [-0.3, -0.25) is 9.59 Å². The molecule has 0 bridgehead atoms. The number of hydrogen-bond acceptors (Lipinski definition) is 2. The van der Waals surface area contributed by atoms with E-state index in [9.17, 15) is 14.7 Å². The van der Waals surface area contributed by atoms with Gasteiger partial charge in [-0.1, -0.05) is 30.3 Å². The Balaban J connectivity index is 2.08. The molecule has 1 N–H and O–H groups in total. The summed E-state index contributed by atoms with van der Waals surface area (Å²) in [5, 5.41) is 9.19. The number of benzene rings is 1. The molecule has 0 spiro atoms. The van der Waals surface area contributed by atoms with Gasteiger partial charge in [0, 0.05) is 13.1 Å². The molecular formula is C15H19NO3. The zero-order chi connectivity index (χ0) is 14.0. The number of hydrogen-bond donors (Lipinski definition) is 1. The monoisotopic (exact) mass is 261 g/mol. The molecule has 4 nitrogen and oxygen atoms in total. The van der Waals surface area contributed by atoms with Crippen LogP contribution in [0.25, 0.3) is 0 Å². The number of carboxylic acid groups (broad SMARTS) is 1. The van der Waals surface area contributed by atoms with Gasteiger partial charge in [-0.25, -0.2) is 0 Å². The summed E-state index contributed by atoms with van der Waals surface area (Å²) in [6.45, 7) is 4.40. The number of nitrogens with zero attached hydrogens (tertiary/aromatic N) is 1. The highest BCUT2D eigenvalue weighted by atomic mass is 16.4. The molecule has 1 aliphatic rings. The van der Waals surface area contributed by atoms with E-state index in [0.29, 0.717) is 19.5 Å². The smallest absolute Gasteiger partial charge is 0.311 e. The first-order valence-corrected chi connectivity index (χ1v) is 6.51. The third kappa shape index (κ3) is 2.62. The highest BCUT2D eigenvalue weighted by Gasteiger charge is 2.42. The molecule has 0 saturated carbocycles. The van der Waals surface area contributed by atoms with Crippen molar-refractivity contribution in [3.8, 4) is 0 Å². The SMILES string of the molecule is C[C@H](C(=O)N1CCC(C)(C(=O)O)C1)c1ccccc1. The Morgan fingerprint density at radius 1 is 1.32 bits per heavy atom. The minimum atomic E-state index is -0.824. The molecule has 0 radical (unpaired) electrons. The summed E-state index contributed by atoms with van der Waals surface area (Å²) in [5.41, 5.74) is 0.169. The maximum atomic E-state index is 12.4. The van der Waals surface area contributed by atoms with Crippen molar-refractivity contribution in [3.63, 3.8) is 0 Å². The summed E-state index contributed by atoms with van der Waals surface area (Å²) in [4.78, 5) is 25.3. The number of rotatable bonds is 3. The topological polar surface area (TPSA) is 57.6 Å². The van der Waals surface area contributed by atoms with E-state index in [1.54, 1.807) is 11.8 Å². The molecule has 1 fully saturated rings. The first-order valence-electron chi connectivity index (χ1n) is 6.51. The fraction of sp³-hybridized carbons (Fsp3) is 0.467. The van der Waals surface area contributed by atoms with Crippen molar-refractivity contribution in [2.24, 2.45) is 5.41 Å².